The summed E-state index contributed by atoms with van der Waals surface area (Å²) in [5, 5.41) is 2.46. The molecular weight excluding hydrogens is 436 g/mol. The molecule has 1 aromatic heterocycles. The van der Waals surface area contributed by atoms with Crippen molar-refractivity contribution in [3.05, 3.63) is 59.9 Å². The fourth-order valence-electron chi connectivity index (χ4n) is 4.94. The Morgan fingerprint density at radius 3 is 2.45 bits per heavy atom. The van der Waals surface area contributed by atoms with Crippen molar-refractivity contribution in [1.82, 2.24) is 9.88 Å². The number of rotatable bonds is 4. The Bertz CT molecular complexity index is 1120. The van der Waals surface area contributed by atoms with Gasteiger partial charge in [-0.2, -0.15) is 0 Å². The number of aromatic nitrogens is 1. The molecular formula is C27H31ClN2O3. The molecule has 0 bridgehead atoms. The maximum atomic E-state index is 12.5. The lowest BCUT2D eigenvalue weighted by atomic mass is 9.95. The number of carbonyl (C=O) groups is 1. The molecule has 2 fully saturated rings. The van der Waals surface area contributed by atoms with Gasteiger partial charge in [-0.15, -0.1) is 12.4 Å². The second-order valence-corrected chi connectivity index (χ2v) is 8.90. The molecule has 2 aromatic carbocycles. The molecule has 0 unspecified atom stereocenters. The molecule has 3 aromatic rings. The van der Waals surface area contributed by atoms with Crippen LogP contribution in [0.3, 0.4) is 0 Å². The zero-order valence-corrected chi connectivity index (χ0v) is 20.1. The summed E-state index contributed by atoms with van der Waals surface area (Å²) in [6.07, 6.45) is 5.36. The summed E-state index contributed by atoms with van der Waals surface area (Å²) >= 11 is 0. The van der Waals surface area contributed by atoms with Crippen LogP contribution < -0.4 is 4.74 Å². The van der Waals surface area contributed by atoms with E-state index >= 15 is 0 Å². The van der Waals surface area contributed by atoms with E-state index in [0.717, 1.165) is 50.2 Å². The van der Waals surface area contributed by atoms with Crippen LogP contribution >= 0.6 is 12.4 Å². The van der Waals surface area contributed by atoms with E-state index in [4.69, 9.17) is 9.47 Å². The minimum atomic E-state index is -0.223. The van der Waals surface area contributed by atoms with Gasteiger partial charge in [0.15, 0.2) is 0 Å². The standard InChI is InChI=1S/C27H30N2O3.ClH/c1-18-23(9-10-25-19(2)28-14-11-24(18)25)20-5-7-21(8-6-20)32-22-12-15-29(16-13-22)27(30)26-4-3-17-31-26;/h5-11,14,22,26H,3-4,12-13,15-17H2,1-2H3;1H/t26-;/m1./s1. The fourth-order valence-corrected chi connectivity index (χ4v) is 4.94. The summed E-state index contributed by atoms with van der Waals surface area (Å²) in [7, 11) is 0. The minimum Gasteiger partial charge on any atom is -0.490 e. The predicted molar refractivity (Wildman–Crippen MR) is 133 cm³/mol. The number of nitrogens with zero attached hydrogens (tertiary/aromatic N) is 2. The van der Waals surface area contributed by atoms with Crippen molar-refractivity contribution >= 4 is 29.1 Å². The number of carbonyl (C=O) groups excluding carboxylic acids is 1. The summed E-state index contributed by atoms with van der Waals surface area (Å²) in [6.45, 7) is 6.42. The van der Waals surface area contributed by atoms with Gasteiger partial charge in [0, 0.05) is 49.8 Å². The number of halogens is 1. The van der Waals surface area contributed by atoms with Gasteiger partial charge >= 0.3 is 0 Å². The van der Waals surface area contributed by atoms with Crippen molar-refractivity contribution in [2.24, 2.45) is 0 Å². The molecule has 174 valence electrons. The quantitative estimate of drug-likeness (QED) is 0.510. The first kappa shape index (κ1) is 23.5. The molecule has 5 rings (SSSR count). The first-order valence-electron chi connectivity index (χ1n) is 11.6. The van der Waals surface area contributed by atoms with E-state index in [-0.39, 0.29) is 30.5 Å². The van der Waals surface area contributed by atoms with Gasteiger partial charge in [0.05, 0.1) is 0 Å². The van der Waals surface area contributed by atoms with Crippen molar-refractivity contribution in [3.63, 3.8) is 0 Å². The lowest BCUT2D eigenvalue weighted by Gasteiger charge is -2.33. The van der Waals surface area contributed by atoms with Gasteiger partial charge in [-0.1, -0.05) is 24.3 Å². The van der Waals surface area contributed by atoms with E-state index in [0.29, 0.717) is 6.61 Å². The summed E-state index contributed by atoms with van der Waals surface area (Å²) < 4.78 is 11.8. The number of aryl methyl sites for hydroxylation is 2. The largest absolute Gasteiger partial charge is 0.490 e. The van der Waals surface area contributed by atoms with Crippen LogP contribution in [0.15, 0.2) is 48.7 Å². The Morgan fingerprint density at radius 2 is 1.76 bits per heavy atom. The van der Waals surface area contributed by atoms with E-state index in [1.165, 1.54) is 27.5 Å². The van der Waals surface area contributed by atoms with Crippen LogP contribution in [-0.2, 0) is 9.53 Å². The Labute approximate surface area is 201 Å². The average molecular weight is 467 g/mol. The summed E-state index contributed by atoms with van der Waals surface area (Å²) in [5.41, 5.74) is 4.74. The number of hydrogen-bond acceptors (Lipinski definition) is 4. The molecule has 1 atom stereocenters. The van der Waals surface area contributed by atoms with E-state index in [1.807, 2.05) is 11.1 Å². The summed E-state index contributed by atoms with van der Waals surface area (Å²) in [5.74, 6) is 1.04. The van der Waals surface area contributed by atoms with Gasteiger partial charge in [0.1, 0.15) is 18.0 Å². The number of likely N-dealkylation sites (tertiary alicyclic amines) is 1. The van der Waals surface area contributed by atoms with E-state index < -0.39 is 0 Å². The van der Waals surface area contributed by atoms with Crippen LogP contribution in [0, 0.1) is 13.8 Å². The number of piperidine rings is 1. The fraction of sp³-hybridized carbons (Fsp3) is 0.407. The van der Waals surface area contributed by atoms with Gasteiger partial charge in [-0.25, -0.2) is 0 Å². The van der Waals surface area contributed by atoms with E-state index in [1.54, 1.807) is 0 Å². The molecule has 0 saturated carbocycles. The first-order valence-corrected chi connectivity index (χ1v) is 11.6. The molecule has 0 spiro atoms. The monoisotopic (exact) mass is 466 g/mol. The Kier molecular flexibility index (Phi) is 7.20. The molecule has 1 amide bonds. The smallest absolute Gasteiger partial charge is 0.251 e. The molecule has 2 aliphatic heterocycles. The SMILES string of the molecule is Cc1nccc2c(C)c(-c3ccc(OC4CCN(C(=O)[C@H]5CCCO5)CC4)cc3)ccc12.Cl. The number of benzene rings is 2. The Hall–Kier alpha value is -2.63. The predicted octanol–water partition coefficient (Wildman–Crippen LogP) is 5.49. The van der Waals surface area contributed by atoms with Crippen LogP contribution in [0.4, 0.5) is 0 Å². The third kappa shape index (κ3) is 4.85. The molecule has 33 heavy (non-hydrogen) atoms. The van der Waals surface area contributed by atoms with Crippen LogP contribution in [-0.4, -0.2) is 47.7 Å². The van der Waals surface area contributed by atoms with E-state index in [9.17, 15) is 4.79 Å². The lowest BCUT2D eigenvalue weighted by molar-refractivity contribution is -0.142. The van der Waals surface area contributed by atoms with Crippen molar-refractivity contribution in [3.8, 4) is 16.9 Å². The second kappa shape index (κ2) is 10.1. The third-order valence-electron chi connectivity index (χ3n) is 6.84. The first-order chi connectivity index (χ1) is 15.6. The van der Waals surface area contributed by atoms with Gasteiger partial charge in [0.25, 0.3) is 5.91 Å². The number of hydrogen-bond donors (Lipinski definition) is 0. The molecule has 0 radical (unpaired) electrons. The molecule has 0 N–H and O–H groups in total. The van der Waals surface area contributed by atoms with Crippen LogP contribution in [0.2, 0.25) is 0 Å². The molecule has 5 nitrogen and oxygen atoms in total. The van der Waals surface area contributed by atoms with Crippen molar-refractivity contribution in [1.29, 1.82) is 0 Å². The highest BCUT2D eigenvalue weighted by Gasteiger charge is 2.31. The van der Waals surface area contributed by atoms with Gasteiger partial charge in [-0.3, -0.25) is 9.78 Å². The lowest BCUT2D eigenvalue weighted by Crippen LogP contribution is -2.45. The van der Waals surface area contributed by atoms with Crippen LogP contribution in [0.25, 0.3) is 21.9 Å². The molecule has 2 aliphatic rings. The molecule has 2 saturated heterocycles. The topological polar surface area (TPSA) is 51.7 Å². The second-order valence-electron chi connectivity index (χ2n) is 8.90. The Balaban J connectivity index is 0.00000259. The number of amides is 1. The molecule has 6 heteroatoms. The van der Waals surface area contributed by atoms with Crippen LogP contribution in [0.1, 0.15) is 36.9 Å². The zero-order chi connectivity index (χ0) is 22.1. The van der Waals surface area contributed by atoms with Gasteiger partial charge < -0.3 is 14.4 Å². The third-order valence-corrected chi connectivity index (χ3v) is 6.84. The summed E-state index contributed by atoms with van der Waals surface area (Å²) in [4.78, 5) is 18.9. The normalized spacial score (nSPS) is 18.8. The zero-order valence-electron chi connectivity index (χ0n) is 19.3. The average Bonchev–Trinajstić information content (AvgIpc) is 3.36. The number of fused-ring (bicyclic) bond motifs is 1. The minimum absolute atomic E-state index is 0. The summed E-state index contributed by atoms with van der Waals surface area (Å²) in [6, 6.07) is 14.8. The highest BCUT2D eigenvalue weighted by Crippen LogP contribution is 2.32. The van der Waals surface area contributed by atoms with Gasteiger partial charge in [0.2, 0.25) is 0 Å². The number of ether oxygens (including phenoxy) is 2. The van der Waals surface area contributed by atoms with Crippen molar-refractivity contribution in [2.75, 3.05) is 19.7 Å². The van der Waals surface area contributed by atoms with Gasteiger partial charge in [-0.05, 0) is 67.0 Å². The molecule has 3 heterocycles. The maximum absolute atomic E-state index is 12.5. The highest BCUT2D eigenvalue weighted by atomic mass is 35.5. The highest BCUT2D eigenvalue weighted by molar-refractivity contribution is 5.92. The van der Waals surface area contributed by atoms with Crippen molar-refractivity contribution < 1.29 is 14.3 Å². The maximum Gasteiger partial charge on any atom is 0.251 e. The number of pyridine rings is 1. The molecule has 0 aliphatic carbocycles. The van der Waals surface area contributed by atoms with E-state index in [2.05, 4.69) is 61.3 Å². The van der Waals surface area contributed by atoms with Crippen molar-refractivity contribution in [2.45, 2.75) is 51.7 Å². The Morgan fingerprint density at radius 1 is 1.00 bits per heavy atom. The van der Waals surface area contributed by atoms with Crippen LogP contribution in [0.5, 0.6) is 5.75 Å².